The van der Waals surface area contributed by atoms with Crippen molar-refractivity contribution in [2.24, 2.45) is 0 Å². The molecule has 3 rings (SSSR count). The Balaban J connectivity index is 1.76. The largest absolute Gasteiger partial charge is 0.364 e. The number of hydrogen-bond acceptors (Lipinski definition) is 5. The van der Waals surface area contributed by atoms with Gasteiger partial charge in [-0.1, -0.05) is 6.92 Å². The van der Waals surface area contributed by atoms with Crippen molar-refractivity contribution in [3.63, 3.8) is 0 Å². The van der Waals surface area contributed by atoms with Crippen LogP contribution in [0.25, 0.3) is 10.9 Å². The van der Waals surface area contributed by atoms with E-state index in [4.69, 9.17) is 0 Å². The molecule has 122 valence electrons. The monoisotopic (exact) mass is 315 g/mol. The Hall–Kier alpha value is -2.44. The van der Waals surface area contributed by atoms with E-state index >= 15 is 0 Å². The van der Waals surface area contributed by atoms with E-state index in [1.165, 1.54) is 0 Å². The summed E-state index contributed by atoms with van der Waals surface area (Å²) in [5.41, 5.74) is 0.339. The Morgan fingerprint density at radius 2 is 2.22 bits per heavy atom. The van der Waals surface area contributed by atoms with Gasteiger partial charge in [0.25, 0.3) is 5.56 Å². The van der Waals surface area contributed by atoms with Crippen LogP contribution in [0, 0.1) is 0 Å². The van der Waals surface area contributed by atoms with Gasteiger partial charge in [-0.05, 0) is 37.8 Å². The van der Waals surface area contributed by atoms with E-state index in [1.54, 1.807) is 18.3 Å². The number of hydrogen-bond donors (Lipinski definition) is 3. The number of anilines is 1. The van der Waals surface area contributed by atoms with Gasteiger partial charge in [-0.15, -0.1) is 0 Å². The number of nitrogens with one attached hydrogen (secondary N) is 3. The Kier molecular flexibility index (Phi) is 4.55. The lowest BCUT2D eigenvalue weighted by atomic mass is 9.91. The Labute approximate surface area is 133 Å². The van der Waals surface area contributed by atoms with E-state index in [2.05, 4.69) is 25.8 Å². The SMILES string of the molecule is CCC(=O)NC1CCCC(Nc2n[nH]c(=O)c3cccnc23)C1. The van der Waals surface area contributed by atoms with Crippen LogP contribution in [-0.4, -0.2) is 33.2 Å². The minimum atomic E-state index is -0.240. The number of carbonyl (C=O) groups is 1. The highest BCUT2D eigenvalue weighted by molar-refractivity contribution is 5.86. The highest BCUT2D eigenvalue weighted by Gasteiger charge is 2.24. The van der Waals surface area contributed by atoms with Gasteiger partial charge in [0.15, 0.2) is 5.82 Å². The molecule has 1 saturated carbocycles. The molecular weight excluding hydrogens is 294 g/mol. The summed E-state index contributed by atoms with van der Waals surface area (Å²) in [6.45, 7) is 1.86. The maximum Gasteiger partial charge on any atom is 0.273 e. The van der Waals surface area contributed by atoms with Gasteiger partial charge >= 0.3 is 0 Å². The molecule has 7 nitrogen and oxygen atoms in total. The van der Waals surface area contributed by atoms with Gasteiger partial charge in [-0.3, -0.25) is 14.6 Å². The molecule has 1 amide bonds. The van der Waals surface area contributed by atoms with Gasteiger partial charge < -0.3 is 10.6 Å². The van der Waals surface area contributed by atoms with Crippen LogP contribution in [0.5, 0.6) is 0 Å². The highest BCUT2D eigenvalue weighted by atomic mass is 16.1. The summed E-state index contributed by atoms with van der Waals surface area (Å²) in [5.74, 6) is 0.678. The number of amides is 1. The molecule has 0 spiro atoms. The number of carbonyl (C=O) groups excluding carboxylic acids is 1. The molecule has 2 aromatic heterocycles. The standard InChI is InChI=1S/C16H21N5O2/c1-2-13(22)18-10-5-3-6-11(9-10)19-15-14-12(7-4-8-17-14)16(23)21-20-15/h4,7-8,10-11H,2-3,5-6,9H2,1H3,(H,18,22)(H,19,20)(H,21,23). The van der Waals surface area contributed by atoms with Crippen LogP contribution in [0.4, 0.5) is 5.82 Å². The lowest BCUT2D eigenvalue weighted by molar-refractivity contribution is -0.121. The quantitative estimate of drug-likeness (QED) is 0.795. The molecule has 7 heteroatoms. The van der Waals surface area contributed by atoms with Crippen molar-refractivity contribution in [2.45, 2.75) is 51.1 Å². The third kappa shape index (κ3) is 3.49. The first-order chi connectivity index (χ1) is 11.2. The summed E-state index contributed by atoms with van der Waals surface area (Å²) in [6, 6.07) is 3.86. The number of aromatic nitrogens is 3. The Bertz CT molecular complexity index is 757. The third-order valence-corrected chi connectivity index (χ3v) is 4.25. The van der Waals surface area contributed by atoms with E-state index in [0.717, 1.165) is 25.7 Å². The predicted octanol–water partition coefficient (Wildman–Crippen LogP) is 1.57. The summed E-state index contributed by atoms with van der Waals surface area (Å²) < 4.78 is 0. The fourth-order valence-corrected chi connectivity index (χ4v) is 3.07. The average Bonchev–Trinajstić information content (AvgIpc) is 2.58. The molecule has 2 unspecified atom stereocenters. The van der Waals surface area contributed by atoms with E-state index in [0.29, 0.717) is 23.1 Å². The summed E-state index contributed by atoms with van der Waals surface area (Å²) in [7, 11) is 0. The lowest BCUT2D eigenvalue weighted by Crippen LogP contribution is -2.41. The van der Waals surface area contributed by atoms with Gasteiger partial charge in [0.1, 0.15) is 5.52 Å². The molecule has 3 N–H and O–H groups in total. The second-order valence-corrected chi connectivity index (χ2v) is 5.93. The zero-order chi connectivity index (χ0) is 16.2. The summed E-state index contributed by atoms with van der Waals surface area (Å²) >= 11 is 0. The maximum absolute atomic E-state index is 11.8. The van der Waals surface area contributed by atoms with Crippen molar-refractivity contribution < 1.29 is 4.79 Å². The van der Waals surface area contributed by atoms with Crippen LogP contribution in [0.3, 0.4) is 0 Å². The van der Waals surface area contributed by atoms with Gasteiger partial charge in [0, 0.05) is 24.7 Å². The smallest absolute Gasteiger partial charge is 0.273 e. The Morgan fingerprint density at radius 1 is 1.39 bits per heavy atom. The second kappa shape index (κ2) is 6.76. The first-order valence-corrected chi connectivity index (χ1v) is 8.06. The molecule has 0 aliphatic heterocycles. The highest BCUT2D eigenvalue weighted by Crippen LogP contribution is 2.23. The number of nitrogens with zero attached hydrogens (tertiary/aromatic N) is 2. The topological polar surface area (TPSA) is 99.8 Å². The van der Waals surface area contributed by atoms with Crippen molar-refractivity contribution in [3.8, 4) is 0 Å². The molecule has 0 radical (unpaired) electrons. The van der Waals surface area contributed by atoms with Crippen molar-refractivity contribution in [1.29, 1.82) is 0 Å². The maximum atomic E-state index is 11.8. The van der Waals surface area contributed by atoms with E-state index in [-0.39, 0.29) is 23.6 Å². The average molecular weight is 315 g/mol. The molecule has 2 aromatic rings. The first kappa shape index (κ1) is 15.5. The predicted molar refractivity (Wildman–Crippen MR) is 88.3 cm³/mol. The van der Waals surface area contributed by atoms with Gasteiger partial charge in [0.2, 0.25) is 5.91 Å². The fourth-order valence-electron chi connectivity index (χ4n) is 3.07. The van der Waals surface area contributed by atoms with Crippen molar-refractivity contribution >= 4 is 22.6 Å². The van der Waals surface area contributed by atoms with Crippen LogP contribution < -0.4 is 16.2 Å². The minimum absolute atomic E-state index is 0.0879. The van der Waals surface area contributed by atoms with Crippen LogP contribution >= 0.6 is 0 Å². The molecule has 0 aromatic carbocycles. The van der Waals surface area contributed by atoms with Crippen LogP contribution in [-0.2, 0) is 4.79 Å². The summed E-state index contributed by atoms with van der Waals surface area (Å²) in [5, 5.41) is 13.6. The van der Waals surface area contributed by atoms with E-state index in [1.807, 2.05) is 6.92 Å². The number of rotatable bonds is 4. The van der Waals surface area contributed by atoms with Crippen LogP contribution in [0.2, 0.25) is 0 Å². The molecule has 23 heavy (non-hydrogen) atoms. The zero-order valence-corrected chi connectivity index (χ0v) is 13.1. The van der Waals surface area contributed by atoms with Gasteiger partial charge in [-0.25, -0.2) is 5.10 Å². The Morgan fingerprint density at radius 3 is 3.04 bits per heavy atom. The lowest BCUT2D eigenvalue weighted by Gasteiger charge is -2.30. The molecule has 2 heterocycles. The van der Waals surface area contributed by atoms with Gasteiger partial charge in [0.05, 0.1) is 5.39 Å². The fraction of sp³-hybridized carbons (Fsp3) is 0.500. The van der Waals surface area contributed by atoms with Crippen molar-refractivity contribution in [1.82, 2.24) is 20.5 Å². The molecule has 1 fully saturated rings. The minimum Gasteiger partial charge on any atom is -0.364 e. The number of aromatic amines is 1. The summed E-state index contributed by atoms with van der Waals surface area (Å²) in [6.07, 6.45) is 6.06. The number of H-pyrrole nitrogens is 1. The van der Waals surface area contributed by atoms with E-state index in [9.17, 15) is 9.59 Å². The second-order valence-electron chi connectivity index (χ2n) is 5.93. The van der Waals surface area contributed by atoms with Crippen LogP contribution in [0.1, 0.15) is 39.0 Å². The zero-order valence-electron chi connectivity index (χ0n) is 13.1. The number of pyridine rings is 1. The molecule has 0 saturated heterocycles. The molecule has 2 atom stereocenters. The van der Waals surface area contributed by atoms with Crippen LogP contribution in [0.15, 0.2) is 23.1 Å². The molecule has 1 aliphatic rings. The van der Waals surface area contributed by atoms with Crippen molar-refractivity contribution in [3.05, 3.63) is 28.7 Å². The molecular formula is C16H21N5O2. The third-order valence-electron chi connectivity index (χ3n) is 4.25. The van der Waals surface area contributed by atoms with Crippen molar-refractivity contribution in [2.75, 3.05) is 5.32 Å². The normalized spacial score (nSPS) is 21.1. The number of fused-ring (bicyclic) bond motifs is 1. The molecule has 0 bridgehead atoms. The van der Waals surface area contributed by atoms with E-state index < -0.39 is 0 Å². The first-order valence-electron chi connectivity index (χ1n) is 8.06. The van der Waals surface area contributed by atoms with Gasteiger partial charge in [-0.2, -0.15) is 5.10 Å². The summed E-state index contributed by atoms with van der Waals surface area (Å²) in [4.78, 5) is 27.6. The molecule has 1 aliphatic carbocycles.